The number of para-hydroxylation sites is 1. The number of carbonyl (C=O) groups is 3. The number of halogens is 3. The molecule has 0 heterocycles. The molecule has 0 unspecified atom stereocenters. The molecule has 0 bridgehead atoms. The van der Waals surface area contributed by atoms with Gasteiger partial charge in [0, 0.05) is 28.4 Å². The molecular weight excluding hydrogens is 641 g/mol. The lowest BCUT2D eigenvalue weighted by atomic mass is 10.1. The molecule has 2 N–H and O–H groups in total. The van der Waals surface area contributed by atoms with Gasteiger partial charge in [0.2, 0.25) is 11.5 Å². The van der Waals surface area contributed by atoms with Crippen LogP contribution in [0.4, 0.5) is 24.5 Å². The molecule has 0 radical (unpaired) electrons. The summed E-state index contributed by atoms with van der Waals surface area (Å²) in [6, 6.07) is 15.6. The highest BCUT2D eigenvalue weighted by Gasteiger charge is 2.31. The van der Waals surface area contributed by atoms with E-state index in [1.54, 1.807) is 0 Å². The van der Waals surface area contributed by atoms with Gasteiger partial charge in [-0.15, -0.1) is 0 Å². The molecule has 0 aliphatic carbocycles. The second-order valence-electron chi connectivity index (χ2n) is 9.57. The van der Waals surface area contributed by atoms with E-state index in [0.29, 0.717) is 17.5 Å². The zero-order valence-corrected chi connectivity index (χ0v) is 25.3. The number of nitro benzene ring substituents is 1. The van der Waals surface area contributed by atoms with Gasteiger partial charge in [-0.05, 0) is 60.7 Å². The summed E-state index contributed by atoms with van der Waals surface area (Å²) in [4.78, 5) is 49.0. The highest BCUT2D eigenvalue weighted by molar-refractivity contribution is 6.05. The molecule has 16 heteroatoms. The third-order valence-electron chi connectivity index (χ3n) is 6.54. The minimum Gasteiger partial charge on any atom is -0.493 e. The molecule has 0 atom stereocenters. The number of hydrazone groups is 1. The first-order chi connectivity index (χ1) is 22.9. The zero-order valence-electron chi connectivity index (χ0n) is 25.3. The van der Waals surface area contributed by atoms with E-state index >= 15 is 0 Å². The van der Waals surface area contributed by atoms with Crippen LogP contribution >= 0.6 is 0 Å². The van der Waals surface area contributed by atoms with E-state index in [1.807, 2.05) is 0 Å². The van der Waals surface area contributed by atoms with Crippen molar-refractivity contribution < 1.29 is 51.4 Å². The summed E-state index contributed by atoms with van der Waals surface area (Å²) in [5.74, 6) is -2.23. The number of ether oxygens (including phenoxy) is 4. The maximum atomic E-state index is 13.1. The average Bonchev–Trinajstić information content (AvgIpc) is 3.07. The SMILES string of the molecule is COc1cc(C(=O)Nc2ccc(C(=O)N/N=C/c3cccc([N+](=O)[O-])c3OC(=O)c3cccc(C(F)(F)F)c3)cc2)cc(OC)c1OC. The summed E-state index contributed by atoms with van der Waals surface area (Å²) in [5.41, 5.74) is 0.484. The quantitative estimate of drug-likeness (QED) is 0.0654. The minimum absolute atomic E-state index is 0.119. The fraction of sp³-hybridized carbons (Fsp3) is 0.125. The van der Waals surface area contributed by atoms with Crippen LogP contribution in [-0.4, -0.2) is 50.3 Å². The molecule has 0 saturated carbocycles. The van der Waals surface area contributed by atoms with Crippen molar-refractivity contribution in [3.05, 3.63) is 117 Å². The Bertz CT molecular complexity index is 1870. The summed E-state index contributed by atoms with van der Waals surface area (Å²) < 4.78 is 60.2. The Morgan fingerprint density at radius 1 is 0.792 bits per heavy atom. The first kappa shape index (κ1) is 34.4. The highest BCUT2D eigenvalue weighted by atomic mass is 19.4. The maximum Gasteiger partial charge on any atom is 0.416 e. The molecule has 48 heavy (non-hydrogen) atoms. The molecular formula is C32H25F3N4O9. The average molecular weight is 667 g/mol. The first-order valence-electron chi connectivity index (χ1n) is 13.6. The van der Waals surface area contributed by atoms with Crippen LogP contribution in [0.15, 0.2) is 84.0 Å². The Hall–Kier alpha value is -6.45. The molecule has 13 nitrogen and oxygen atoms in total. The lowest BCUT2D eigenvalue weighted by Gasteiger charge is -2.14. The number of amides is 2. The summed E-state index contributed by atoms with van der Waals surface area (Å²) in [6.45, 7) is 0. The molecule has 4 rings (SSSR count). The van der Waals surface area contributed by atoms with Crippen LogP contribution in [0.1, 0.15) is 42.2 Å². The minimum atomic E-state index is -4.74. The summed E-state index contributed by atoms with van der Waals surface area (Å²) in [5, 5.41) is 18.1. The molecule has 0 saturated heterocycles. The van der Waals surface area contributed by atoms with Gasteiger partial charge in [-0.2, -0.15) is 18.3 Å². The number of methoxy groups -OCH3 is 3. The molecule has 2 amide bonds. The third-order valence-corrected chi connectivity index (χ3v) is 6.54. The molecule has 0 aliphatic heterocycles. The van der Waals surface area contributed by atoms with Gasteiger partial charge in [0.05, 0.1) is 43.6 Å². The van der Waals surface area contributed by atoms with Crippen molar-refractivity contribution in [2.75, 3.05) is 26.6 Å². The van der Waals surface area contributed by atoms with Crippen molar-refractivity contribution in [2.45, 2.75) is 6.18 Å². The number of carbonyl (C=O) groups excluding carboxylic acids is 3. The van der Waals surface area contributed by atoms with E-state index in [-0.39, 0.29) is 28.2 Å². The van der Waals surface area contributed by atoms with Crippen LogP contribution in [0, 0.1) is 10.1 Å². The Morgan fingerprint density at radius 3 is 2.02 bits per heavy atom. The van der Waals surface area contributed by atoms with Crippen LogP contribution < -0.4 is 29.7 Å². The molecule has 0 fully saturated rings. The van der Waals surface area contributed by atoms with Gasteiger partial charge in [0.25, 0.3) is 11.8 Å². The van der Waals surface area contributed by atoms with E-state index < -0.39 is 51.4 Å². The van der Waals surface area contributed by atoms with Crippen LogP contribution in [-0.2, 0) is 6.18 Å². The molecule has 4 aromatic carbocycles. The van der Waals surface area contributed by atoms with Gasteiger partial charge in [0.1, 0.15) is 0 Å². The number of rotatable bonds is 11. The van der Waals surface area contributed by atoms with Gasteiger partial charge >= 0.3 is 17.8 Å². The van der Waals surface area contributed by atoms with Crippen LogP contribution in [0.3, 0.4) is 0 Å². The summed E-state index contributed by atoms with van der Waals surface area (Å²) in [6.07, 6.45) is -3.77. The topological polar surface area (TPSA) is 168 Å². The number of hydrogen-bond donors (Lipinski definition) is 2. The maximum absolute atomic E-state index is 13.1. The largest absolute Gasteiger partial charge is 0.493 e. The van der Waals surface area contributed by atoms with Crippen LogP contribution in [0.5, 0.6) is 23.0 Å². The van der Waals surface area contributed by atoms with E-state index in [0.717, 1.165) is 30.5 Å². The Balaban J connectivity index is 1.46. The number of benzene rings is 4. The monoisotopic (exact) mass is 666 g/mol. The lowest BCUT2D eigenvalue weighted by molar-refractivity contribution is -0.385. The van der Waals surface area contributed by atoms with E-state index in [2.05, 4.69) is 15.8 Å². The van der Waals surface area contributed by atoms with E-state index in [1.165, 1.54) is 69.9 Å². The van der Waals surface area contributed by atoms with Crippen molar-refractivity contribution >= 4 is 35.4 Å². The van der Waals surface area contributed by atoms with Crippen molar-refractivity contribution in [3.63, 3.8) is 0 Å². The number of nitrogens with one attached hydrogen (secondary N) is 2. The first-order valence-corrected chi connectivity index (χ1v) is 13.6. The standard InChI is InChI=1S/C32H25F3N4O9/c1-45-25-15-21(16-26(46-2)28(25)47-3)29(40)37-23-12-10-18(11-13-23)30(41)38-36-17-20-7-5-9-24(39(43)44)27(20)48-31(42)19-6-4-8-22(14-19)32(33,34)35/h4-17H,1-3H3,(H,37,40)(H,38,41)/b36-17+. The van der Waals surface area contributed by atoms with Crippen molar-refractivity contribution in [1.82, 2.24) is 5.43 Å². The second-order valence-corrected chi connectivity index (χ2v) is 9.57. The molecule has 0 aromatic heterocycles. The number of anilines is 1. The predicted octanol–water partition coefficient (Wildman–Crippen LogP) is 5.87. The number of esters is 1. The van der Waals surface area contributed by atoms with Gasteiger partial charge in [-0.1, -0.05) is 12.1 Å². The third kappa shape index (κ3) is 8.03. The molecule has 4 aromatic rings. The molecule has 0 aliphatic rings. The van der Waals surface area contributed by atoms with Crippen LogP contribution in [0.2, 0.25) is 0 Å². The van der Waals surface area contributed by atoms with Crippen molar-refractivity contribution in [3.8, 4) is 23.0 Å². The lowest BCUT2D eigenvalue weighted by Crippen LogP contribution is -2.18. The number of nitro groups is 1. The predicted molar refractivity (Wildman–Crippen MR) is 165 cm³/mol. The summed E-state index contributed by atoms with van der Waals surface area (Å²) in [7, 11) is 4.25. The fourth-order valence-corrected chi connectivity index (χ4v) is 4.22. The normalized spacial score (nSPS) is 11.0. The van der Waals surface area contributed by atoms with Crippen LogP contribution in [0.25, 0.3) is 0 Å². The fourth-order valence-electron chi connectivity index (χ4n) is 4.22. The molecule has 0 spiro atoms. The van der Waals surface area contributed by atoms with Crippen molar-refractivity contribution in [2.24, 2.45) is 5.10 Å². The van der Waals surface area contributed by atoms with E-state index in [9.17, 15) is 37.7 Å². The Labute approximate surface area is 270 Å². The van der Waals surface area contributed by atoms with Gasteiger partial charge < -0.3 is 24.3 Å². The second kappa shape index (κ2) is 14.8. The van der Waals surface area contributed by atoms with Gasteiger partial charge in [0.15, 0.2) is 11.5 Å². The van der Waals surface area contributed by atoms with Gasteiger partial charge in [-0.25, -0.2) is 10.2 Å². The Kier molecular flexibility index (Phi) is 10.6. The van der Waals surface area contributed by atoms with Gasteiger partial charge in [-0.3, -0.25) is 19.7 Å². The van der Waals surface area contributed by atoms with Crippen molar-refractivity contribution in [1.29, 1.82) is 0 Å². The molecule has 248 valence electrons. The number of nitrogens with zero attached hydrogens (tertiary/aromatic N) is 2. The summed E-state index contributed by atoms with van der Waals surface area (Å²) >= 11 is 0. The zero-order chi connectivity index (χ0) is 35.0. The number of alkyl halides is 3. The van der Waals surface area contributed by atoms with E-state index in [4.69, 9.17) is 18.9 Å². The Morgan fingerprint density at radius 2 is 1.44 bits per heavy atom. The number of hydrogen-bond acceptors (Lipinski definition) is 10. The smallest absolute Gasteiger partial charge is 0.416 e. The highest BCUT2D eigenvalue weighted by Crippen LogP contribution is 2.38.